The van der Waals surface area contributed by atoms with Crippen molar-refractivity contribution in [3.05, 3.63) is 0 Å². The Morgan fingerprint density at radius 1 is 1.00 bits per heavy atom. The molecular weight excluding hydrogens is 248 g/mol. The third-order valence-corrected chi connectivity index (χ3v) is 4.92. The van der Waals surface area contributed by atoms with Crippen LogP contribution >= 0.6 is 0 Å². The molecule has 2 fully saturated rings. The monoisotopic (exact) mass is 282 g/mol. The highest BCUT2D eigenvalue weighted by atomic mass is 16.5. The quantitative estimate of drug-likeness (QED) is 0.842. The van der Waals surface area contributed by atoms with E-state index < -0.39 is 0 Å². The number of morpholine rings is 1. The van der Waals surface area contributed by atoms with Crippen LogP contribution in [0.5, 0.6) is 0 Å². The fourth-order valence-electron chi connectivity index (χ4n) is 4.35. The summed E-state index contributed by atoms with van der Waals surface area (Å²) in [6, 6.07) is 1.25. The molecule has 3 heteroatoms. The van der Waals surface area contributed by atoms with E-state index in [9.17, 15) is 0 Å². The molecule has 0 aromatic carbocycles. The van der Waals surface area contributed by atoms with E-state index in [4.69, 9.17) is 4.74 Å². The Kier molecular flexibility index (Phi) is 4.27. The Labute approximate surface area is 125 Å². The van der Waals surface area contributed by atoms with Crippen molar-refractivity contribution in [2.24, 2.45) is 5.41 Å². The van der Waals surface area contributed by atoms with Crippen molar-refractivity contribution in [3.8, 4) is 0 Å². The summed E-state index contributed by atoms with van der Waals surface area (Å²) in [5, 5.41) is 3.56. The van der Waals surface area contributed by atoms with Gasteiger partial charge in [-0.25, -0.2) is 0 Å². The fourth-order valence-corrected chi connectivity index (χ4v) is 4.35. The first kappa shape index (κ1) is 16.3. The Bertz CT molecular complexity index is 333. The zero-order chi connectivity index (χ0) is 15.2. The summed E-state index contributed by atoms with van der Waals surface area (Å²) in [4.78, 5) is 2.69. The summed E-state index contributed by atoms with van der Waals surface area (Å²) in [5.41, 5.74) is 0.355. The van der Waals surface area contributed by atoms with Gasteiger partial charge in [-0.1, -0.05) is 13.8 Å². The Hall–Kier alpha value is -0.120. The van der Waals surface area contributed by atoms with Crippen molar-refractivity contribution in [1.29, 1.82) is 0 Å². The Morgan fingerprint density at radius 3 is 2.05 bits per heavy atom. The molecule has 2 aliphatic rings. The highest BCUT2D eigenvalue weighted by molar-refractivity contribution is 4.99. The molecule has 20 heavy (non-hydrogen) atoms. The molecule has 2 atom stereocenters. The molecule has 0 aromatic rings. The number of hydrogen-bond donors (Lipinski definition) is 1. The lowest BCUT2D eigenvalue weighted by molar-refractivity contribution is -0.193. The second-order valence-corrected chi connectivity index (χ2v) is 8.90. The van der Waals surface area contributed by atoms with Crippen molar-refractivity contribution in [3.63, 3.8) is 0 Å². The number of rotatable bonds is 2. The van der Waals surface area contributed by atoms with Gasteiger partial charge in [0.25, 0.3) is 0 Å². The summed E-state index contributed by atoms with van der Waals surface area (Å²) >= 11 is 0. The van der Waals surface area contributed by atoms with E-state index in [0.29, 0.717) is 17.5 Å². The van der Waals surface area contributed by atoms with Gasteiger partial charge in [0.05, 0.1) is 11.2 Å². The topological polar surface area (TPSA) is 24.5 Å². The van der Waals surface area contributed by atoms with E-state index in [1.807, 2.05) is 0 Å². The average Bonchev–Trinajstić information content (AvgIpc) is 2.23. The van der Waals surface area contributed by atoms with Gasteiger partial charge in [-0.15, -0.1) is 0 Å². The number of likely N-dealkylation sites (N-methyl/N-ethyl adjacent to an activating group) is 1. The summed E-state index contributed by atoms with van der Waals surface area (Å²) in [6.45, 7) is 15.8. The minimum atomic E-state index is -0.0539. The van der Waals surface area contributed by atoms with Gasteiger partial charge in [-0.2, -0.15) is 0 Å². The van der Waals surface area contributed by atoms with Crippen LogP contribution in [0.4, 0.5) is 0 Å². The van der Waals surface area contributed by atoms with Crippen molar-refractivity contribution < 1.29 is 4.74 Å². The van der Waals surface area contributed by atoms with E-state index in [1.54, 1.807) is 0 Å². The van der Waals surface area contributed by atoms with Gasteiger partial charge in [-0.05, 0) is 59.4 Å². The van der Waals surface area contributed by atoms with Crippen LogP contribution in [0.15, 0.2) is 0 Å². The first-order valence-electron chi connectivity index (χ1n) is 8.15. The average molecular weight is 282 g/mol. The molecular formula is C17H34N2O. The van der Waals surface area contributed by atoms with E-state index in [2.05, 4.69) is 58.8 Å². The first-order valence-corrected chi connectivity index (χ1v) is 8.15. The van der Waals surface area contributed by atoms with E-state index in [0.717, 1.165) is 13.1 Å². The third-order valence-electron chi connectivity index (χ3n) is 4.92. The van der Waals surface area contributed by atoms with Gasteiger partial charge in [-0.3, -0.25) is 4.90 Å². The van der Waals surface area contributed by atoms with Gasteiger partial charge >= 0.3 is 0 Å². The molecule has 0 radical (unpaired) electrons. The number of nitrogens with one attached hydrogen (secondary N) is 1. The Balaban J connectivity index is 2.18. The summed E-state index contributed by atoms with van der Waals surface area (Å²) < 4.78 is 6.24. The zero-order valence-corrected chi connectivity index (χ0v) is 14.5. The number of hydrogen-bond acceptors (Lipinski definition) is 3. The highest BCUT2D eigenvalue weighted by Gasteiger charge is 2.44. The molecule has 1 aliphatic heterocycles. The number of ether oxygens (including phenoxy) is 1. The fraction of sp³-hybridized carbons (Fsp3) is 1.00. The highest BCUT2D eigenvalue weighted by Crippen LogP contribution is 2.40. The van der Waals surface area contributed by atoms with Crippen molar-refractivity contribution in [1.82, 2.24) is 10.2 Å². The second kappa shape index (κ2) is 5.26. The molecule has 3 nitrogen and oxygen atoms in total. The van der Waals surface area contributed by atoms with E-state index in [1.165, 1.54) is 19.3 Å². The molecule has 1 heterocycles. The maximum absolute atomic E-state index is 6.24. The molecule has 0 spiro atoms. The van der Waals surface area contributed by atoms with Gasteiger partial charge in [0, 0.05) is 25.2 Å². The molecule has 1 N–H and O–H groups in total. The second-order valence-electron chi connectivity index (χ2n) is 8.90. The normalized spacial score (nSPS) is 36.8. The smallest absolute Gasteiger partial charge is 0.0760 e. The van der Waals surface area contributed by atoms with Crippen molar-refractivity contribution >= 4 is 0 Å². The molecule has 2 rings (SSSR count). The molecule has 1 saturated carbocycles. The zero-order valence-electron chi connectivity index (χ0n) is 14.5. The van der Waals surface area contributed by atoms with Crippen LogP contribution in [0.3, 0.4) is 0 Å². The predicted octanol–water partition coefficient (Wildman–Crippen LogP) is 3.04. The number of nitrogens with zero attached hydrogens (tertiary/aromatic N) is 1. The lowest BCUT2D eigenvalue weighted by atomic mass is 9.72. The summed E-state index contributed by atoms with van der Waals surface area (Å²) in [6.07, 6.45) is 3.89. The lowest BCUT2D eigenvalue weighted by Gasteiger charge is -2.54. The minimum Gasteiger partial charge on any atom is -0.367 e. The summed E-state index contributed by atoms with van der Waals surface area (Å²) in [7, 11) is 2.12. The van der Waals surface area contributed by atoms with E-state index in [-0.39, 0.29) is 11.2 Å². The molecule has 118 valence electrons. The van der Waals surface area contributed by atoms with Crippen LogP contribution in [0.1, 0.15) is 60.8 Å². The first-order chi connectivity index (χ1) is 9.04. The van der Waals surface area contributed by atoms with Gasteiger partial charge in [0.1, 0.15) is 0 Å². The maximum Gasteiger partial charge on any atom is 0.0760 e. The van der Waals surface area contributed by atoms with Crippen molar-refractivity contribution in [2.45, 2.75) is 84.1 Å². The molecule has 0 aromatic heterocycles. The SMILES string of the molecule is CNC1CCC(C)(C)CC1N1CC(C)(C)OC(C)(C)C1. The predicted molar refractivity (Wildman–Crippen MR) is 85.1 cm³/mol. The molecule has 1 saturated heterocycles. The largest absolute Gasteiger partial charge is 0.367 e. The van der Waals surface area contributed by atoms with Crippen LogP contribution < -0.4 is 5.32 Å². The Morgan fingerprint density at radius 2 is 1.55 bits per heavy atom. The molecule has 0 bridgehead atoms. The van der Waals surface area contributed by atoms with Crippen molar-refractivity contribution in [2.75, 3.05) is 20.1 Å². The third kappa shape index (κ3) is 3.75. The van der Waals surface area contributed by atoms with Crippen LogP contribution in [-0.4, -0.2) is 48.3 Å². The van der Waals surface area contributed by atoms with Crippen LogP contribution in [0.2, 0.25) is 0 Å². The molecule has 1 aliphatic carbocycles. The van der Waals surface area contributed by atoms with E-state index >= 15 is 0 Å². The minimum absolute atomic E-state index is 0.0539. The maximum atomic E-state index is 6.24. The van der Waals surface area contributed by atoms with Crippen LogP contribution in [0, 0.1) is 5.41 Å². The van der Waals surface area contributed by atoms with Gasteiger partial charge < -0.3 is 10.1 Å². The van der Waals surface area contributed by atoms with Crippen LogP contribution in [-0.2, 0) is 4.74 Å². The van der Waals surface area contributed by atoms with Gasteiger partial charge in [0.2, 0.25) is 0 Å². The lowest BCUT2D eigenvalue weighted by Crippen LogP contribution is -2.64. The summed E-state index contributed by atoms with van der Waals surface area (Å²) in [5.74, 6) is 0. The van der Waals surface area contributed by atoms with Gasteiger partial charge in [0.15, 0.2) is 0 Å². The van der Waals surface area contributed by atoms with Crippen LogP contribution in [0.25, 0.3) is 0 Å². The standard InChI is InChI=1S/C17H34N2O/c1-15(2)9-8-13(18-7)14(10-15)19-11-16(3,4)20-17(5,6)12-19/h13-14,18H,8-12H2,1-7H3. The molecule has 2 unspecified atom stereocenters. The molecule has 0 amide bonds.